The first kappa shape index (κ1) is 35.6. The third-order valence-electron chi connectivity index (χ3n) is 12.4. The van der Waals surface area contributed by atoms with Gasteiger partial charge in [0.05, 0.1) is 27.8 Å². The molecule has 0 unspecified atom stereocenters. The highest BCUT2D eigenvalue weighted by Gasteiger charge is 2.25. The van der Waals surface area contributed by atoms with Gasteiger partial charge in [-0.15, -0.1) is 11.3 Å². The molecule has 0 saturated carbocycles. The van der Waals surface area contributed by atoms with Gasteiger partial charge in [-0.1, -0.05) is 170 Å². The second kappa shape index (κ2) is 14.2. The van der Waals surface area contributed by atoms with Crippen molar-refractivity contribution in [3.8, 4) is 56.7 Å². The Balaban J connectivity index is 1.13. The molecule has 0 aliphatic heterocycles. The predicted molar refractivity (Wildman–Crippen MR) is 263 cm³/mol. The molecule has 0 bridgehead atoms. The average molecular weight is 822 g/mol. The molecule has 0 aliphatic rings. The van der Waals surface area contributed by atoms with Crippen LogP contribution in [-0.4, -0.2) is 24.1 Å². The number of aromatic nitrogens is 5. The highest BCUT2D eigenvalue weighted by Crippen LogP contribution is 2.45. The molecule has 63 heavy (non-hydrogen) atoms. The molecule has 0 saturated heterocycles. The lowest BCUT2D eigenvalue weighted by molar-refractivity contribution is 0.956. The number of hydrogen-bond donors (Lipinski definition) is 0. The molecule has 9 aromatic carbocycles. The zero-order valence-electron chi connectivity index (χ0n) is 33.9. The van der Waals surface area contributed by atoms with Crippen molar-refractivity contribution in [3.05, 3.63) is 212 Å². The maximum absolute atomic E-state index is 5.48. The number of fused-ring (bicyclic) bond motifs is 10. The summed E-state index contributed by atoms with van der Waals surface area (Å²) in [6.45, 7) is 0. The molecule has 0 amide bonds. The van der Waals surface area contributed by atoms with Crippen molar-refractivity contribution in [1.29, 1.82) is 0 Å². The summed E-state index contributed by atoms with van der Waals surface area (Å²) in [5, 5.41) is 7.01. The average Bonchev–Trinajstić information content (AvgIpc) is 4.02. The van der Waals surface area contributed by atoms with Crippen molar-refractivity contribution in [1.82, 2.24) is 24.1 Å². The molecule has 4 aromatic heterocycles. The Morgan fingerprint density at radius 1 is 0.349 bits per heavy atom. The Bertz CT molecular complexity index is 3900. The SMILES string of the molecule is c1ccc(-c2ccc(-n3c4ccccc4c4c3ccc3c5ccccc5n(-c5nc(-c6ccccc6)nc(-c6cccc7c6sc6ccccc67)n5)c34)c(-c3ccccc3)c2)cc1. The molecule has 0 fully saturated rings. The Labute approximate surface area is 366 Å². The third kappa shape index (κ3) is 5.59. The van der Waals surface area contributed by atoms with Crippen molar-refractivity contribution in [2.24, 2.45) is 0 Å². The summed E-state index contributed by atoms with van der Waals surface area (Å²) in [6, 6.07) is 75.6. The van der Waals surface area contributed by atoms with Gasteiger partial charge in [0.25, 0.3) is 0 Å². The van der Waals surface area contributed by atoms with Crippen LogP contribution < -0.4 is 0 Å². The number of rotatable bonds is 6. The highest BCUT2D eigenvalue weighted by molar-refractivity contribution is 7.26. The Kier molecular flexibility index (Phi) is 8.01. The quantitative estimate of drug-likeness (QED) is 0.168. The van der Waals surface area contributed by atoms with Crippen LogP contribution in [0.15, 0.2) is 212 Å². The summed E-state index contributed by atoms with van der Waals surface area (Å²) in [7, 11) is 0. The number of hydrogen-bond acceptors (Lipinski definition) is 4. The molecule has 5 nitrogen and oxygen atoms in total. The van der Waals surface area contributed by atoms with Gasteiger partial charge in [0.15, 0.2) is 11.6 Å². The monoisotopic (exact) mass is 821 g/mol. The van der Waals surface area contributed by atoms with E-state index in [2.05, 4.69) is 203 Å². The molecule has 0 N–H and O–H groups in total. The van der Waals surface area contributed by atoms with Gasteiger partial charge in [-0.05, 0) is 59.2 Å². The highest BCUT2D eigenvalue weighted by atomic mass is 32.1. The molecule has 6 heteroatoms. The van der Waals surface area contributed by atoms with Crippen LogP contribution in [0.1, 0.15) is 0 Å². The Morgan fingerprint density at radius 3 is 1.75 bits per heavy atom. The molecule has 0 spiro atoms. The van der Waals surface area contributed by atoms with Crippen LogP contribution >= 0.6 is 11.3 Å². The first-order chi connectivity index (χ1) is 31.3. The maximum atomic E-state index is 5.48. The van der Waals surface area contributed by atoms with Gasteiger partial charge in [-0.25, -0.2) is 4.98 Å². The fourth-order valence-corrected chi connectivity index (χ4v) is 10.8. The van der Waals surface area contributed by atoms with Gasteiger partial charge in [0.2, 0.25) is 5.95 Å². The zero-order valence-corrected chi connectivity index (χ0v) is 34.7. The lowest BCUT2D eigenvalue weighted by atomic mass is 9.97. The van der Waals surface area contributed by atoms with Gasteiger partial charge in [-0.3, -0.25) is 4.57 Å². The van der Waals surface area contributed by atoms with E-state index in [0.717, 1.165) is 76.3 Å². The van der Waals surface area contributed by atoms with Crippen molar-refractivity contribution in [2.45, 2.75) is 0 Å². The summed E-state index contributed by atoms with van der Waals surface area (Å²) < 4.78 is 7.13. The van der Waals surface area contributed by atoms with Crippen LogP contribution in [0.3, 0.4) is 0 Å². The maximum Gasteiger partial charge on any atom is 0.238 e. The first-order valence-corrected chi connectivity index (χ1v) is 22.0. The molecule has 13 aromatic rings. The number of nitrogens with zero attached hydrogens (tertiary/aromatic N) is 5. The molecule has 294 valence electrons. The summed E-state index contributed by atoms with van der Waals surface area (Å²) in [4.78, 5) is 16.1. The van der Waals surface area contributed by atoms with E-state index >= 15 is 0 Å². The van der Waals surface area contributed by atoms with Gasteiger partial charge >= 0.3 is 0 Å². The van der Waals surface area contributed by atoms with E-state index in [1.807, 2.05) is 18.2 Å². The first-order valence-electron chi connectivity index (χ1n) is 21.2. The zero-order chi connectivity index (χ0) is 41.4. The predicted octanol–water partition coefficient (Wildman–Crippen LogP) is 15.1. The van der Waals surface area contributed by atoms with Gasteiger partial charge in [0, 0.05) is 58.4 Å². The molecule has 0 aliphatic carbocycles. The van der Waals surface area contributed by atoms with Crippen LogP contribution in [0, 0.1) is 0 Å². The third-order valence-corrected chi connectivity index (χ3v) is 13.6. The van der Waals surface area contributed by atoms with Gasteiger partial charge in [0.1, 0.15) is 0 Å². The smallest absolute Gasteiger partial charge is 0.238 e. The van der Waals surface area contributed by atoms with Gasteiger partial charge in [-0.2, -0.15) is 9.97 Å². The van der Waals surface area contributed by atoms with Crippen LogP contribution in [0.4, 0.5) is 0 Å². The van der Waals surface area contributed by atoms with E-state index in [-0.39, 0.29) is 0 Å². The minimum absolute atomic E-state index is 0.574. The number of benzene rings is 9. The molecule has 0 atom stereocenters. The Morgan fingerprint density at radius 2 is 0.968 bits per heavy atom. The second-order valence-electron chi connectivity index (χ2n) is 16.0. The fourth-order valence-electron chi connectivity index (χ4n) is 9.59. The van der Waals surface area contributed by atoms with E-state index in [9.17, 15) is 0 Å². The molecule has 4 heterocycles. The molecular weight excluding hydrogens is 787 g/mol. The standard InChI is InChI=1S/C57H35N5S/c1-4-17-36(18-5-1)39-31-33-49(46(35-39)37-19-6-2-7-20-37)61-48-29-14-11-25-44(48)52-50(61)34-32-42-40-23-10-13-28-47(40)62(53(42)52)57-59-55(38-21-8-3-9-22-38)58-56(60-57)45-27-16-26-43-41-24-12-15-30-51(41)63-54(43)45/h1-35H. The minimum atomic E-state index is 0.574. The molecular formula is C57H35N5S. The van der Waals surface area contributed by atoms with E-state index in [4.69, 9.17) is 15.0 Å². The second-order valence-corrected chi connectivity index (χ2v) is 17.0. The van der Waals surface area contributed by atoms with Crippen LogP contribution in [0.2, 0.25) is 0 Å². The van der Waals surface area contributed by atoms with Crippen molar-refractivity contribution < 1.29 is 0 Å². The normalized spacial score (nSPS) is 11.8. The van der Waals surface area contributed by atoms with E-state index in [0.29, 0.717) is 17.6 Å². The van der Waals surface area contributed by atoms with Crippen LogP contribution in [-0.2, 0) is 0 Å². The summed E-state index contributed by atoms with van der Waals surface area (Å²) in [5.74, 6) is 1.84. The summed E-state index contributed by atoms with van der Waals surface area (Å²) in [5.41, 5.74) is 12.0. The summed E-state index contributed by atoms with van der Waals surface area (Å²) >= 11 is 1.79. The van der Waals surface area contributed by atoms with Crippen LogP contribution in [0.25, 0.3) is 120 Å². The number of para-hydroxylation sites is 2. The summed E-state index contributed by atoms with van der Waals surface area (Å²) in [6.07, 6.45) is 0. The van der Waals surface area contributed by atoms with Gasteiger partial charge < -0.3 is 4.57 Å². The lowest BCUT2D eigenvalue weighted by Gasteiger charge is -2.16. The lowest BCUT2D eigenvalue weighted by Crippen LogP contribution is -2.06. The largest absolute Gasteiger partial charge is 0.309 e. The van der Waals surface area contributed by atoms with Crippen molar-refractivity contribution >= 4 is 75.1 Å². The van der Waals surface area contributed by atoms with E-state index < -0.39 is 0 Å². The number of thiophene rings is 1. The molecule has 0 radical (unpaired) electrons. The fraction of sp³-hybridized carbons (Fsp3) is 0. The molecule has 13 rings (SSSR count). The van der Waals surface area contributed by atoms with Crippen LogP contribution in [0.5, 0.6) is 0 Å². The minimum Gasteiger partial charge on any atom is -0.309 e. The Hall–Kier alpha value is -8.19. The van der Waals surface area contributed by atoms with E-state index in [1.54, 1.807) is 11.3 Å². The van der Waals surface area contributed by atoms with Crippen molar-refractivity contribution in [2.75, 3.05) is 0 Å². The topological polar surface area (TPSA) is 48.5 Å². The van der Waals surface area contributed by atoms with E-state index in [1.165, 1.54) is 26.6 Å². The van der Waals surface area contributed by atoms with Crippen molar-refractivity contribution in [3.63, 3.8) is 0 Å².